The minimum atomic E-state index is -1.37. The fourth-order valence-corrected chi connectivity index (χ4v) is 1.61. The van der Waals surface area contributed by atoms with E-state index in [2.05, 4.69) is 27.7 Å². The molecule has 2 N–H and O–H groups in total. The molecule has 1 aromatic carbocycles. The third kappa shape index (κ3) is 3.73. The van der Waals surface area contributed by atoms with Crippen LogP contribution in [0.2, 0.25) is 5.31 Å². The summed E-state index contributed by atoms with van der Waals surface area (Å²) in [6.45, 7) is 8.58. The standard InChI is InChI=1S/C11H18B2O2/c1-8-5-6-9(13(14)15)7-10(8)12-11(2,3)4/h5-7,12,14-15H,1-4H3. The summed E-state index contributed by atoms with van der Waals surface area (Å²) in [4.78, 5) is 0. The lowest BCUT2D eigenvalue weighted by Crippen LogP contribution is -2.36. The van der Waals surface area contributed by atoms with Crippen LogP contribution in [0.15, 0.2) is 18.2 Å². The zero-order valence-electron chi connectivity index (χ0n) is 9.91. The van der Waals surface area contributed by atoms with Crippen LogP contribution in [0, 0.1) is 6.92 Å². The van der Waals surface area contributed by atoms with E-state index >= 15 is 0 Å². The molecule has 0 bridgehead atoms. The SMILES string of the molecule is Cc1ccc(B(O)O)cc1BC(C)(C)C. The lowest BCUT2D eigenvalue weighted by Gasteiger charge is -2.18. The molecule has 0 fully saturated rings. The highest BCUT2D eigenvalue weighted by atomic mass is 16.4. The molecule has 0 spiro atoms. The minimum absolute atomic E-state index is 0.212. The van der Waals surface area contributed by atoms with E-state index in [1.807, 2.05) is 12.1 Å². The lowest BCUT2D eigenvalue weighted by molar-refractivity contribution is 0.426. The summed E-state index contributed by atoms with van der Waals surface area (Å²) in [6.07, 6.45) is 0. The number of benzene rings is 1. The van der Waals surface area contributed by atoms with Crippen molar-refractivity contribution in [1.29, 1.82) is 0 Å². The van der Waals surface area contributed by atoms with Gasteiger partial charge in [0.2, 0.25) is 0 Å². The number of aryl methyl sites for hydroxylation is 1. The molecule has 4 heteroatoms. The number of hydrogen-bond acceptors (Lipinski definition) is 2. The molecule has 0 unspecified atom stereocenters. The molecule has 0 radical (unpaired) electrons. The second-order valence-electron chi connectivity index (χ2n) is 5.30. The molecule has 0 aromatic heterocycles. The van der Waals surface area contributed by atoms with Gasteiger partial charge in [0.1, 0.15) is 0 Å². The summed E-state index contributed by atoms with van der Waals surface area (Å²) < 4.78 is 0. The fourth-order valence-electron chi connectivity index (χ4n) is 1.61. The van der Waals surface area contributed by atoms with Crippen molar-refractivity contribution in [1.82, 2.24) is 0 Å². The van der Waals surface area contributed by atoms with Crippen LogP contribution >= 0.6 is 0 Å². The molecule has 0 aliphatic rings. The van der Waals surface area contributed by atoms with Gasteiger partial charge in [-0.2, -0.15) is 0 Å². The Hall–Kier alpha value is -0.730. The van der Waals surface area contributed by atoms with E-state index in [1.165, 1.54) is 11.0 Å². The Bertz CT molecular complexity index is 343. The van der Waals surface area contributed by atoms with Crippen LogP contribution in [0.25, 0.3) is 0 Å². The van der Waals surface area contributed by atoms with Gasteiger partial charge in [0.15, 0.2) is 7.28 Å². The van der Waals surface area contributed by atoms with Gasteiger partial charge in [-0.05, 0) is 12.4 Å². The zero-order valence-corrected chi connectivity index (χ0v) is 9.91. The summed E-state index contributed by atoms with van der Waals surface area (Å²) in [5.41, 5.74) is 2.96. The van der Waals surface area contributed by atoms with Crippen LogP contribution < -0.4 is 10.9 Å². The minimum Gasteiger partial charge on any atom is -0.423 e. The van der Waals surface area contributed by atoms with Crippen molar-refractivity contribution >= 4 is 25.3 Å². The van der Waals surface area contributed by atoms with Crippen molar-refractivity contribution in [3.8, 4) is 0 Å². The van der Waals surface area contributed by atoms with E-state index in [0.29, 0.717) is 5.46 Å². The predicted molar refractivity (Wildman–Crippen MR) is 67.5 cm³/mol. The highest BCUT2D eigenvalue weighted by molar-refractivity contribution is 6.61. The van der Waals surface area contributed by atoms with Crippen molar-refractivity contribution in [3.05, 3.63) is 23.8 Å². The second-order valence-corrected chi connectivity index (χ2v) is 5.30. The topological polar surface area (TPSA) is 40.5 Å². The van der Waals surface area contributed by atoms with Crippen LogP contribution in [0.3, 0.4) is 0 Å². The fraction of sp³-hybridized carbons (Fsp3) is 0.455. The van der Waals surface area contributed by atoms with Gasteiger partial charge in [-0.1, -0.05) is 55.3 Å². The van der Waals surface area contributed by atoms with Gasteiger partial charge in [-0.3, -0.25) is 0 Å². The van der Waals surface area contributed by atoms with Gasteiger partial charge < -0.3 is 10.0 Å². The molecule has 0 saturated heterocycles. The summed E-state index contributed by atoms with van der Waals surface area (Å²) in [5, 5.41) is 18.4. The first-order valence-electron chi connectivity index (χ1n) is 5.25. The molecular weight excluding hydrogens is 186 g/mol. The summed E-state index contributed by atoms with van der Waals surface area (Å²) in [7, 11) is -0.427. The first-order valence-corrected chi connectivity index (χ1v) is 5.25. The van der Waals surface area contributed by atoms with Crippen molar-refractivity contribution in [2.24, 2.45) is 0 Å². The molecule has 0 atom stereocenters. The van der Waals surface area contributed by atoms with Gasteiger partial charge in [-0.15, -0.1) is 0 Å². The zero-order chi connectivity index (χ0) is 11.6. The highest BCUT2D eigenvalue weighted by Gasteiger charge is 2.18. The maximum atomic E-state index is 9.09. The first-order chi connectivity index (χ1) is 6.79. The third-order valence-electron chi connectivity index (χ3n) is 2.39. The summed E-state index contributed by atoms with van der Waals surface area (Å²) in [5.74, 6) is 0. The van der Waals surface area contributed by atoms with Crippen LogP contribution in [-0.4, -0.2) is 24.4 Å². The van der Waals surface area contributed by atoms with Crippen molar-refractivity contribution in [2.45, 2.75) is 33.0 Å². The molecule has 0 aliphatic carbocycles. The average Bonchev–Trinajstić information content (AvgIpc) is 2.06. The van der Waals surface area contributed by atoms with E-state index in [9.17, 15) is 0 Å². The predicted octanol–water partition coefficient (Wildman–Crippen LogP) is -0.0450. The van der Waals surface area contributed by atoms with Gasteiger partial charge in [0.25, 0.3) is 0 Å². The van der Waals surface area contributed by atoms with Crippen molar-refractivity contribution < 1.29 is 10.0 Å². The molecular formula is C11H18B2O2. The molecule has 15 heavy (non-hydrogen) atoms. The van der Waals surface area contributed by atoms with Crippen molar-refractivity contribution in [2.75, 3.05) is 0 Å². The Morgan fingerprint density at radius 3 is 2.27 bits per heavy atom. The molecule has 1 rings (SSSR count). The molecule has 2 nitrogen and oxygen atoms in total. The first kappa shape index (κ1) is 12.3. The van der Waals surface area contributed by atoms with Gasteiger partial charge in [-0.25, -0.2) is 0 Å². The maximum absolute atomic E-state index is 9.09. The van der Waals surface area contributed by atoms with E-state index in [-0.39, 0.29) is 5.31 Å². The Morgan fingerprint density at radius 1 is 1.20 bits per heavy atom. The number of rotatable bonds is 2. The summed E-state index contributed by atoms with van der Waals surface area (Å²) >= 11 is 0. The molecule has 0 amide bonds. The Kier molecular flexibility index (Phi) is 3.63. The van der Waals surface area contributed by atoms with Gasteiger partial charge in [0, 0.05) is 0 Å². The normalized spacial score (nSPS) is 11.3. The largest absolute Gasteiger partial charge is 0.488 e. The van der Waals surface area contributed by atoms with Crippen LogP contribution in [0.1, 0.15) is 26.3 Å². The van der Waals surface area contributed by atoms with Crippen LogP contribution in [0.5, 0.6) is 0 Å². The lowest BCUT2D eigenvalue weighted by atomic mass is 9.50. The molecule has 0 heterocycles. The Morgan fingerprint density at radius 2 is 1.80 bits per heavy atom. The van der Waals surface area contributed by atoms with E-state index < -0.39 is 7.12 Å². The average molecular weight is 204 g/mol. The monoisotopic (exact) mass is 204 g/mol. The smallest absolute Gasteiger partial charge is 0.423 e. The molecule has 1 aromatic rings. The van der Waals surface area contributed by atoms with Gasteiger partial charge in [0.05, 0.1) is 0 Å². The van der Waals surface area contributed by atoms with Crippen LogP contribution in [-0.2, 0) is 0 Å². The van der Waals surface area contributed by atoms with E-state index in [1.54, 1.807) is 6.07 Å². The quantitative estimate of drug-likeness (QED) is 0.663. The maximum Gasteiger partial charge on any atom is 0.488 e. The third-order valence-corrected chi connectivity index (χ3v) is 2.39. The van der Waals surface area contributed by atoms with Crippen LogP contribution in [0.4, 0.5) is 0 Å². The number of hydrogen-bond donors (Lipinski definition) is 2. The van der Waals surface area contributed by atoms with Crippen molar-refractivity contribution in [3.63, 3.8) is 0 Å². The molecule has 0 saturated carbocycles. The molecule has 0 aliphatic heterocycles. The second kappa shape index (κ2) is 4.42. The Balaban J connectivity index is 3.01. The van der Waals surface area contributed by atoms with Gasteiger partial charge >= 0.3 is 7.12 Å². The highest BCUT2D eigenvalue weighted by Crippen LogP contribution is 2.19. The van der Waals surface area contributed by atoms with E-state index in [4.69, 9.17) is 10.0 Å². The Labute approximate surface area is 92.7 Å². The summed E-state index contributed by atoms with van der Waals surface area (Å²) in [6, 6.07) is 5.58. The van der Waals surface area contributed by atoms with E-state index in [0.717, 1.165) is 7.28 Å². The molecule has 80 valence electrons.